The van der Waals surface area contributed by atoms with Gasteiger partial charge in [-0.1, -0.05) is 36.4 Å². The maximum Gasteiger partial charge on any atom is 0.251 e. The second-order valence-corrected chi connectivity index (χ2v) is 4.86. The fraction of sp³-hybridized carbons (Fsp3) is 0.118. The van der Waals surface area contributed by atoms with E-state index in [1.54, 1.807) is 6.07 Å². The van der Waals surface area contributed by atoms with E-state index in [1.807, 2.05) is 48.5 Å². The van der Waals surface area contributed by atoms with Crippen molar-refractivity contribution in [2.45, 2.75) is 13.0 Å². The third-order valence-electron chi connectivity index (χ3n) is 3.42. The summed E-state index contributed by atoms with van der Waals surface area (Å²) in [5.41, 5.74) is 4.55. The number of carbonyl (C=O) groups excluding carboxylic acids is 1. The summed E-state index contributed by atoms with van der Waals surface area (Å²) in [5, 5.41) is 12.0. The van der Waals surface area contributed by atoms with E-state index in [4.69, 9.17) is 5.11 Å². The van der Waals surface area contributed by atoms with E-state index in [0.29, 0.717) is 12.1 Å². The molecule has 2 N–H and O–H groups in total. The van der Waals surface area contributed by atoms with Gasteiger partial charge in [0.15, 0.2) is 0 Å². The molecule has 100 valence electrons. The first kappa shape index (κ1) is 12.6. The monoisotopic (exact) mass is 265 g/mol. The SMILES string of the molecule is O=C(Nc1cccc(CO)c1)C1=Cc2ccccc2C1. The molecule has 0 heterocycles. The van der Waals surface area contributed by atoms with Crippen molar-refractivity contribution in [3.8, 4) is 0 Å². The van der Waals surface area contributed by atoms with Gasteiger partial charge in [0.1, 0.15) is 0 Å². The number of nitrogens with one attached hydrogen (secondary N) is 1. The Kier molecular flexibility index (Phi) is 3.35. The van der Waals surface area contributed by atoms with Crippen molar-refractivity contribution in [1.29, 1.82) is 0 Å². The third-order valence-corrected chi connectivity index (χ3v) is 3.42. The van der Waals surface area contributed by atoms with E-state index >= 15 is 0 Å². The van der Waals surface area contributed by atoms with Crippen molar-refractivity contribution >= 4 is 17.7 Å². The van der Waals surface area contributed by atoms with E-state index in [9.17, 15) is 4.79 Å². The molecule has 0 aromatic heterocycles. The molecule has 0 saturated carbocycles. The van der Waals surface area contributed by atoms with Gasteiger partial charge in [0, 0.05) is 17.7 Å². The smallest absolute Gasteiger partial charge is 0.251 e. The number of carbonyl (C=O) groups is 1. The fourth-order valence-corrected chi connectivity index (χ4v) is 2.38. The summed E-state index contributed by atoms with van der Waals surface area (Å²) in [6.45, 7) is -0.0299. The first-order valence-corrected chi connectivity index (χ1v) is 6.56. The highest BCUT2D eigenvalue weighted by molar-refractivity contribution is 6.08. The number of rotatable bonds is 3. The Morgan fingerprint density at radius 2 is 2.00 bits per heavy atom. The average Bonchev–Trinajstić information content (AvgIpc) is 2.91. The van der Waals surface area contributed by atoms with Crippen LogP contribution in [0, 0.1) is 0 Å². The Labute approximate surface area is 117 Å². The molecule has 0 fully saturated rings. The summed E-state index contributed by atoms with van der Waals surface area (Å²) in [5.74, 6) is -0.0868. The molecule has 1 aliphatic rings. The van der Waals surface area contributed by atoms with Crippen LogP contribution in [-0.2, 0) is 17.8 Å². The van der Waals surface area contributed by atoms with Crippen LogP contribution in [0.4, 0.5) is 5.69 Å². The zero-order valence-corrected chi connectivity index (χ0v) is 11.0. The second-order valence-electron chi connectivity index (χ2n) is 4.86. The highest BCUT2D eigenvalue weighted by Crippen LogP contribution is 2.25. The summed E-state index contributed by atoms with van der Waals surface area (Å²) < 4.78 is 0. The first-order valence-electron chi connectivity index (χ1n) is 6.56. The topological polar surface area (TPSA) is 49.3 Å². The number of anilines is 1. The zero-order chi connectivity index (χ0) is 13.9. The lowest BCUT2D eigenvalue weighted by atomic mass is 10.1. The molecule has 3 rings (SSSR count). The van der Waals surface area contributed by atoms with E-state index < -0.39 is 0 Å². The van der Waals surface area contributed by atoms with Gasteiger partial charge >= 0.3 is 0 Å². The average molecular weight is 265 g/mol. The molecule has 0 unspecified atom stereocenters. The molecular formula is C17H15NO2. The molecule has 0 bridgehead atoms. The van der Waals surface area contributed by atoms with E-state index in [2.05, 4.69) is 5.32 Å². The Morgan fingerprint density at radius 3 is 2.80 bits per heavy atom. The maximum absolute atomic E-state index is 12.2. The largest absolute Gasteiger partial charge is 0.392 e. The number of hydrogen-bond donors (Lipinski definition) is 2. The fourth-order valence-electron chi connectivity index (χ4n) is 2.38. The van der Waals surface area contributed by atoms with Gasteiger partial charge in [0.05, 0.1) is 6.61 Å². The minimum atomic E-state index is -0.0868. The van der Waals surface area contributed by atoms with Crippen molar-refractivity contribution in [3.05, 3.63) is 70.8 Å². The van der Waals surface area contributed by atoms with Crippen LogP contribution in [0.25, 0.3) is 6.08 Å². The summed E-state index contributed by atoms with van der Waals surface area (Å²) in [6.07, 6.45) is 2.60. The molecule has 2 aromatic carbocycles. The zero-order valence-electron chi connectivity index (χ0n) is 11.0. The number of aliphatic hydroxyl groups excluding tert-OH is 1. The van der Waals surface area contributed by atoms with Gasteiger partial charge in [-0.25, -0.2) is 0 Å². The van der Waals surface area contributed by atoms with Crippen LogP contribution in [-0.4, -0.2) is 11.0 Å². The Morgan fingerprint density at radius 1 is 1.15 bits per heavy atom. The standard InChI is InChI=1S/C17H15NO2/c19-11-12-4-3-7-16(8-12)18-17(20)15-9-13-5-1-2-6-14(13)10-15/h1-9,19H,10-11H2,(H,18,20). The molecule has 3 heteroatoms. The van der Waals surface area contributed by atoms with Crippen LogP contribution < -0.4 is 5.32 Å². The second kappa shape index (κ2) is 5.31. The molecule has 0 aliphatic heterocycles. The van der Waals surface area contributed by atoms with Crippen molar-refractivity contribution in [1.82, 2.24) is 0 Å². The molecular weight excluding hydrogens is 250 g/mol. The van der Waals surface area contributed by atoms with Crippen molar-refractivity contribution in [3.63, 3.8) is 0 Å². The maximum atomic E-state index is 12.2. The predicted molar refractivity (Wildman–Crippen MR) is 79.1 cm³/mol. The van der Waals surface area contributed by atoms with E-state index in [-0.39, 0.29) is 12.5 Å². The van der Waals surface area contributed by atoms with Gasteiger partial charge in [0.25, 0.3) is 5.91 Å². The lowest BCUT2D eigenvalue weighted by Gasteiger charge is -2.07. The molecule has 0 atom stereocenters. The Hall–Kier alpha value is -2.39. The van der Waals surface area contributed by atoms with Crippen LogP contribution in [0.3, 0.4) is 0 Å². The minimum Gasteiger partial charge on any atom is -0.392 e. The minimum absolute atomic E-state index is 0.0299. The van der Waals surface area contributed by atoms with E-state index in [1.165, 1.54) is 5.56 Å². The Bertz CT molecular complexity index is 689. The molecule has 1 aliphatic carbocycles. The van der Waals surface area contributed by atoms with Gasteiger partial charge < -0.3 is 10.4 Å². The van der Waals surface area contributed by atoms with Gasteiger partial charge in [-0.05, 0) is 34.9 Å². The van der Waals surface area contributed by atoms with Crippen molar-refractivity contribution < 1.29 is 9.90 Å². The highest BCUT2D eigenvalue weighted by atomic mass is 16.3. The summed E-state index contributed by atoms with van der Waals surface area (Å²) >= 11 is 0. The van der Waals surface area contributed by atoms with E-state index in [0.717, 1.165) is 16.7 Å². The van der Waals surface area contributed by atoms with Crippen LogP contribution in [0.1, 0.15) is 16.7 Å². The van der Waals surface area contributed by atoms with Gasteiger partial charge in [0.2, 0.25) is 0 Å². The van der Waals surface area contributed by atoms with Gasteiger partial charge in [-0.3, -0.25) is 4.79 Å². The molecule has 0 radical (unpaired) electrons. The molecule has 0 spiro atoms. The lowest BCUT2D eigenvalue weighted by molar-refractivity contribution is -0.112. The third kappa shape index (κ3) is 2.49. The molecule has 20 heavy (non-hydrogen) atoms. The molecule has 0 saturated heterocycles. The summed E-state index contributed by atoms with van der Waals surface area (Å²) in [6, 6.07) is 15.2. The van der Waals surface area contributed by atoms with Crippen LogP contribution in [0.5, 0.6) is 0 Å². The molecule has 1 amide bonds. The molecule has 2 aromatic rings. The number of benzene rings is 2. The van der Waals surface area contributed by atoms with Crippen LogP contribution in [0.2, 0.25) is 0 Å². The number of hydrogen-bond acceptors (Lipinski definition) is 2. The van der Waals surface area contributed by atoms with Gasteiger partial charge in [-0.2, -0.15) is 0 Å². The number of fused-ring (bicyclic) bond motifs is 1. The van der Waals surface area contributed by atoms with Gasteiger partial charge in [-0.15, -0.1) is 0 Å². The number of amides is 1. The van der Waals surface area contributed by atoms with Crippen LogP contribution in [0.15, 0.2) is 54.1 Å². The summed E-state index contributed by atoms with van der Waals surface area (Å²) in [4.78, 5) is 12.2. The number of aliphatic hydroxyl groups is 1. The van der Waals surface area contributed by atoms with Crippen LogP contribution >= 0.6 is 0 Å². The van der Waals surface area contributed by atoms with Crippen molar-refractivity contribution in [2.24, 2.45) is 0 Å². The lowest BCUT2D eigenvalue weighted by Crippen LogP contribution is -2.14. The highest BCUT2D eigenvalue weighted by Gasteiger charge is 2.18. The quantitative estimate of drug-likeness (QED) is 0.896. The normalized spacial score (nSPS) is 12.8. The molecule has 3 nitrogen and oxygen atoms in total. The Balaban J connectivity index is 1.75. The van der Waals surface area contributed by atoms with Crippen molar-refractivity contribution in [2.75, 3.05) is 5.32 Å². The first-order chi connectivity index (χ1) is 9.76. The predicted octanol–water partition coefficient (Wildman–Crippen LogP) is 2.76. The summed E-state index contributed by atoms with van der Waals surface area (Å²) in [7, 11) is 0.